The molecular formula is C16H17ClN6O. The van der Waals surface area contributed by atoms with Gasteiger partial charge in [0.05, 0.1) is 6.20 Å². The number of aryl methyl sites for hydroxylation is 1. The van der Waals surface area contributed by atoms with Crippen LogP contribution < -0.4 is 15.4 Å². The Bertz CT molecular complexity index is 924. The predicted molar refractivity (Wildman–Crippen MR) is 95.0 cm³/mol. The van der Waals surface area contributed by atoms with E-state index in [1.807, 2.05) is 24.3 Å². The smallest absolute Gasteiger partial charge is 0.263 e. The summed E-state index contributed by atoms with van der Waals surface area (Å²) in [5.74, 6) is 0.604. The summed E-state index contributed by atoms with van der Waals surface area (Å²) < 4.78 is 1.62. The minimum atomic E-state index is -0.150. The molecule has 1 aliphatic rings. The zero-order valence-electron chi connectivity index (χ0n) is 13.2. The summed E-state index contributed by atoms with van der Waals surface area (Å²) in [5, 5.41) is 5.35. The van der Waals surface area contributed by atoms with Gasteiger partial charge in [-0.2, -0.15) is 10.1 Å². The molecule has 1 saturated heterocycles. The summed E-state index contributed by atoms with van der Waals surface area (Å²) in [6.45, 7) is 3.29. The Morgan fingerprint density at radius 1 is 1.08 bits per heavy atom. The van der Waals surface area contributed by atoms with E-state index in [2.05, 4.69) is 24.9 Å². The number of nitrogens with one attached hydrogen (secondary N) is 1. The maximum atomic E-state index is 12.2. The van der Waals surface area contributed by atoms with Gasteiger partial charge in [0.1, 0.15) is 5.39 Å². The van der Waals surface area contributed by atoms with Crippen LogP contribution >= 0.6 is 11.6 Å². The number of nitrogens with zero attached hydrogens (tertiary/aromatic N) is 5. The second-order valence-electron chi connectivity index (χ2n) is 5.85. The fourth-order valence-corrected chi connectivity index (χ4v) is 3.13. The number of aromatic amines is 1. The van der Waals surface area contributed by atoms with Gasteiger partial charge in [-0.3, -0.25) is 14.5 Å². The van der Waals surface area contributed by atoms with Crippen molar-refractivity contribution in [2.24, 2.45) is 7.05 Å². The number of benzene rings is 1. The Morgan fingerprint density at radius 3 is 2.46 bits per heavy atom. The molecule has 0 atom stereocenters. The van der Waals surface area contributed by atoms with Crippen LogP contribution in [0.4, 0.5) is 11.6 Å². The number of fused-ring (bicyclic) bond motifs is 1. The molecule has 2 aromatic heterocycles. The molecule has 4 rings (SSSR count). The molecule has 124 valence electrons. The maximum Gasteiger partial charge on any atom is 0.263 e. The third-order valence-electron chi connectivity index (χ3n) is 4.36. The van der Waals surface area contributed by atoms with Crippen molar-refractivity contribution in [3.8, 4) is 0 Å². The molecule has 3 heterocycles. The van der Waals surface area contributed by atoms with E-state index in [0.717, 1.165) is 36.9 Å². The molecule has 7 nitrogen and oxygen atoms in total. The van der Waals surface area contributed by atoms with Gasteiger partial charge in [0, 0.05) is 43.9 Å². The third kappa shape index (κ3) is 2.60. The lowest BCUT2D eigenvalue weighted by atomic mass is 10.2. The molecule has 8 heteroatoms. The maximum absolute atomic E-state index is 12.2. The van der Waals surface area contributed by atoms with Gasteiger partial charge in [0.25, 0.3) is 5.56 Å². The molecule has 3 aromatic rings. The molecule has 0 amide bonds. The third-order valence-corrected chi connectivity index (χ3v) is 4.61. The highest BCUT2D eigenvalue weighted by atomic mass is 35.5. The van der Waals surface area contributed by atoms with Crippen molar-refractivity contribution in [2.45, 2.75) is 0 Å². The molecule has 1 aromatic carbocycles. The van der Waals surface area contributed by atoms with Crippen LogP contribution in [0.2, 0.25) is 5.02 Å². The second kappa shape index (κ2) is 5.83. The van der Waals surface area contributed by atoms with E-state index in [1.165, 1.54) is 0 Å². The van der Waals surface area contributed by atoms with Gasteiger partial charge in [-0.1, -0.05) is 11.6 Å². The summed E-state index contributed by atoms with van der Waals surface area (Å²) in [4.78, 5) is 24.0. The molecule has 1 N–H and O–H groups in total. The summed E-state index contributed by atoms with van der Waals surface area (Å²) in [5.41, 5.74) is 1.61. The molecule has 1 fully saturated rings. The number of rotatable bonds is 2. The average Bonchev–Trinajstić information content (AvgIpc) is 2.98. The Labute approximate surface area is 143 Å². The second-order valence-corrected chi connectivity index (χ2v) is 6.28. The lowest BCUT2D eigenvalue weighted by molar-refractivity contribution is 0.639. The number of hydrogen-bond donors (Lipinski definition) is 1. The van der Waals surface area contributed by atoms with Crippen molar-refractivity contribution in [3.05, 3.63) is 45.8 Å². The number of anilines is 2. The van der Waals surface area contributed by atoms with Crippen LogP contribution in [0.15, 0.2) is 35.3 Å². The molecule has 0 unspecified atom stereocenters. The normalized spacial score (nSPS) is 15.2. The highest BCUT2D eigenvalue weighted by Gasteiger charge is 2.20. The highest BCUT2D eigenvalue weighted by Crippen LogP contribution is 2.21. The fourth-order valence-electron chi connectivity index (χ4n) is 3.00. The highest BCUT2D eigenvalue weighted by molar-refractivity contribution is 6.30. The predicted octanol–water partition coefficient (Wildman–Crippen LogP) is 1.64. The van der Waals surface area contributed by atoms with E-state index >= 15 is 0 Å². The van der Waals surface area contributed by atoms with E-state index in [9.17, 15) is 4.79 Å². The Hall–Kier alpha value is -2.54. The van der Waals surface area contributed by atoms with E-state index in [-0.39, 0.29) is 5.56 Å². The zero-order valence-corrected chi connectivity index (χ0v) is 14.0. The first kappa shape index (κ1) is 15.0. The molecule has 0 radical (unpaired) electrons. The first-order valence-corrected chi connectivity index (χ1v) is 8.17. The summed E-state index contributed by atoms with van der Waals surface area (Å²) in [6, 6.07) is 7.86. The minimum Gasteiger partial charge on any atom is -0.368 e. The summed E-state index contributed by atoms with van der Waals surface area (Å²) >= 11 is 5.94. The summed E-state index contributed by atoms with van der Waals surface area (Å²) in [7, 11) is 1.79. The van der Waals surface area contributed by atoms with Gasteiger partial charge in [0.2, 0.25) is 5.95 Å². The van der Waals surface area contributed by atoms with Crippen molar-refractivity contribution in [1.29, 1.82) is 0 Å². The van der Waals surface area contributed by atoms with E-state index in [0.29, 0.717) is 17.0 Å². The standard InChI is InChI=1S/C16H17ClN6O/c1-21-14-13(10-18-21)15(24)20-16(19-14)23-8-6-22(7-9-23)12-4-2-11(17)3-5-12/h2-5,10H,6-9H2,1H3,(H,19,20,24). The van der Waals surface area contributed by atoms with Gasteiger partial charge in [-0.15, -0.1) is 0 Å². The minimum absolute atomic E-state index is 0.150. The average molecular weight is 345 g/mol. The number of piperazine rings is 1. The lowest BCUT2D eigenvalue weighted by Crippen LogP contribution is -2.47. The fraction of sp³-hybridized carbons (Fsp3) is 0.312. The van der Waals surface area contributed by atoms with E-state index in [4.69, 9.17) is 11.6 Å². The number of halogens is 1. The SMILES string of the molecule is Cn1ncc2c(=O)[nH]c(N3CCN(c4ccc(Cl)cc4)CC3)nc21. The van der Waals surface area contributed by atoms with Crippen LogP contribution in [0.1, 0.15) is 0 Å². The van der Waals surface area contributed by atoms with Crippen molar-refractivity contribution < 1.29 is 0 Å². The van der Waals surface area contributed by atoms with Crippen molar-refractivity contribution in [3.63, 3.8) is 0 Å². The lowest BCUT2D eigenvalue weighted by Gasteiger charge is -2.36. The number of H-pyrrole nitrogens is 1. The van der Waals surface area contributed by atoms with Crippen LogP contribution in [-0.2, 0) is 7.05 Å². The quantitative estimate of drug-likeness (QED) is 0.765. The monoisotopic (exact) mass is 344 g/mol. The van der Waals surface area contributed by atoms with Crippen LogP contribution in [0.3, 0.4) is 0 Å². The van der Waals surface area contributed by atoms with E-state index < -0.39 is 0 Å². The van der Waals surface area contributed by atoms with Crippen molar-refractivity contribution >= 4 is 34.3 Å². The first-order chi connectivity index (χ1) is 11.6. The zero-order chi connectivity index (χ0) is 16.7. The largest absolute Gasteiger partial charge is 0.368 e. The van der Waals surface area contributed by atoms with Gasteiger partial charge >= 0.3 is 0 Å². The van der Waals surface area contributed by atoms with Crippen LogP contribution in [0.25, 0.3) is 11.0 Å². The number of hydrogen-bond acceptors (Lipinski definition) is 5. The molecule has 0 bridgehead atoms. The molecule has 0 saturated carbocycles. The first-order valence-electron chi connectivity index (χ1n) is 7.79. The van der Waals surface area contributed by atoms with Gasteiger partial charge in [-0.05, 0) is 24.3 Å². The molecule has 1 aliphatic heterocycles. The topological polar surface area (TPSA) is 70.1 Å². The van der Waals surface area contributed by atoms with Gasteiger partial charge in [0.15, 0.2) is 5.65 Å². The van der Waals surface area contributed by atoms with E-state index in [1.54, 1.807) is 17.9 Å². The Kier molecular flexibility index (Phi) is 3.65. The van der Waals surface area contributed by atoms with Gasteiger partial charge < -0.3 is 9.80 Å². The Balaban J connectivity index is 1.54. The number of aromatic nitrogens is 4. The van der Waals surface area contributed by atoms with Crippen LogP contribution in [0.5, 0.6) is 0 Å². The molecular weight excluding hydrogens is 328 g/mol. The van der Waals surface area contributed by atoms with Crippen LogP contribution in [0, 0.1) is 0 Å². The molecule has 0 aliphatic carbocycles. The van der Waals surface area contributed by atoms with Gasteiger partial charge in [-0.25, -0.2) is 0 Å². The molecule has 0 spiro atoms. The van der Waals surface area contributed by atoms with Crippen molar-refractivity contribution in [2.75, 3.05) is 36.0 Å². The van der Waals surface area contributed by atoms with Crippen LogP contribution in [-0.4, -0.2) is 45.9 Å². The van der Waals surface area contributed by atoms with Crippen molar-refractivity contribution in [1.82, 2.24) is 19.7 Å². The summed E-state index contributed by atoms with van der Waals surface area (Å²) in [6.07, 6.45) is 1.55. The Morgan fingerprint density at radius 2 is 1.75 bits per heavy atom. The molecule has 24 heavy (non-hydrogen) atoms.